The number of aryl methyl sites for hydroxylation is 2. The minimum absolute atomic E-state index is 0.112. The summed E-state index contributed by atoms with van der Waals surface area (Å²) >= 11 is 6.09. The van der Waals surface area contributed by atoms with Crippen LogP contribution in [0.15, 0.2) is 59.6 Å². The van der Waals surface area contributed by atoms with Gasteiger partial charge in [-0.15, -0.1) is 0 Å². The van der Waals surface area contributed by atoms with Crippen molar-refractivity contribution in [1.29, 1.82) is 0 Å². The smallest absolute Gasteiger partial charge is 0.265 e. The first kappa shape index (κ1) is 19.9. The molecule has 1 aromatic heterocycles. The van der Waals surface area contributed by atoms with Gasteiger partial charge in [-0.3, -0.25) is 13.8 Å². The van der Waals surface area contributed by atoms with Crippen LogP contribution in [0, 0.1) is 6.92 Å². The number of aromatic nitrogens is 2. The van der Waals surface area contributed by atoms with E-state index in [2.05, 4.69) is 10.4 Å². The Labute approximate surface area is 168 Å². The predicted molar refractivity (Wildman–Crippen MR) is 109 cm³/mol. The fourth-order valence-corrected chi connectivity index (χ4v) is 4.12. The molecular weight excluding hydrogens is 400 g/mol. The lowest BCUT2D eigenvalue weighted by Crippen LogP contribution is -2.30. The highest BCUT2D eigenvalue weighted by molar-refractivity contribution is 7.92. The second-order valence-corrected chi connectivity index (χ2v) is 8.60. The van der Waals surface area contributed by atoms with Crippen molar-refractivity contribution in [3.63, 3.8) is 0 Å². The highest BCUT2D eigenvalue weighted by Gasteiger charge is 2.28. The number of carbonyl (C=O) groups is 1. The van der Waals surface area contributed by atoms with Gasteiger partial charge >= 0.3 is 0 Å². The van der Waals surface area contributed by atoms with Crippen LogP contribution >= 0.6 is 11.6 Å². The average Bonchev–Trinajstić information content (AvgIpc) is 3.04. The molecule has 0 radical (unpaired) electrons. The average molecular weight is 419 g/mol. The first-order chi connectivity index (χ1) is 13.2. The topological polar surface area (TPSA) is 84.3 Å². The summed E-state index contributed by atoms with van der Waals surface area (Å²) in [4.78, 5) is 12.9. The van der Waals surface area contributed by atoms with E-state index >= 15 is 0 Å². The molecular formula is C19H19ClN4O3S. The molecule has 1 amide bonds. The Morgan fingerprint density at radius 1 is 1.14 bits per heavy atom. The van der Waals surface area contributed by atoms with Crippen molar-refractivity contribution in [3.8, 4) is 0 Å². The number of carbonyl (C=O) groups excluding carboxylic acids is 1. The van der Waals surface area contributed by atoms with Crippen LogP contribution in [0.25, 0.3) is 0 Å². The van der Waals surface area contributed by atoms with E-state index in [1.807, 2.05) is 6.92 Å². The third-order valence-electron chi connectivity index (χ3n) is 4.25. The first-order valence-electron chi connectivity index (χ1n) is 8.35. The Balaban J connectivity index is 1.97. The predicted octanol–water partition coefficient (Wildman–Crippen LogP) is 3.46. The Bertz CT molecular complexity index is 1120. The maximum atomic E-state index is 13.0. The van der Waals surface area contributed by atoms with Crippen molar-refractivity contribution in [2.75, 3.05) is 16.7 Å². The number of nitrogens with zero attached hydrogens (tertiary/aromatic N) is 3. The largest absolute Gasteiger partial charge is 0.320 e. The molecule has 0 bridgehead atoms. The van der Waals surface area contributed by atoms with Gasteiger partial charge in [0.1, 0.15) is 5.56 Å². The van der Waals surface area contributed by atoms with Gasteiger partial charge in [0.15, 0.2) is 5.82 Å². The van der Waals surface area contributed by atoms with Crippen LogP contribution in [-0.4, -0.2) is 31.2 Å². The van der Waals surface area contributed by atoms with Crippen LogP contribution in [0.4, 0.5) is 11.5 Å². The van der Waals surface area contributed by atoms with E-state index < -0.39 is 15.9 Å². The van der Waals surface area contributed by atoms with Crippen molar-refractivity contribution in [2.45, 2.75) is 11.8 Å². The Morgan fingerprint density at radius 3 is 2.43 bits per heavy atom. The highest BCUT2D eigenvalue weighted by atomic mass is 35.5. The third-order valence-corrected chi connectivity index (χ3v) is 6.34. The summed E-state index contributed by atoms with van der Waals surface area (Å²) in [7, 11) is -0.912. The molecule has 146 valence electrons. The molecule has 9 heteroatoms. The number of sulfonamides is 1. The summed E-state index contributed by atoms with van der Waals surface area (Å²) in [5, 5.41) is 7.13. The van der Waals surface area contributed by atoms with Crippen LogP contribution in [0.1, 0.15) is 15.9 Å². The maximum Gasteiger partial charge on any atom is 0.265 e. The maximum absolute atomic E-state index is 13.0. The number of benzene rings is 2. The Hall–Kier alpha value is -2.84. The van der Waals surface area contributed by atoms with Crippen molar-refractivity contribution in [3.05, 3.63) is 70.9 Å². The molecule has 0 saturated carbocycles. The zero-order chi connectivity index (χ0) is 20.5. The van der Waals surface area contributed by atoms with Gasteiger partial charge in [0.2, 0.25) is 0 Å². The number of amides is 1. The quantitative estimate of drug-likeness (QED) is 0.687. The fourth-order valence-electron chi connectivity index (χ4n) is 2.70. The first-order valence-corrected chi connectivity index (χ1v) is 10.2. The van der Waals surface area contributed by atoms with Gasteiger partial charge in [-0.25, -0.2) is 8.42 Å². The van der Waals surface area contributed by atoms with E-state index in [0.717, 1.165) is 9.87 Å². The van der Waals surface area contributed by atoms with Crippen LogP contribution in [0.5, 0.6) is 0 Å². The van der Waals surface area contributed by atoms with E-state index in [4.69, 9.17) is 11.6 Å². The van der Waals surface area contributed by atoms with E-state index in [0.29, 0.717) is 10.7 Å². The minimum atomic E-state index is -3.87. The molecule has 1 N–H and O–H groups in total. The zero-order valence-electron chi connectivity index (χ0n) is 15.5. The lowest BCUT2D eigenvalue weighted by molar-refractivity contribution is 0.102. The number of nitrogens with one attached hydrogen (secondary N) is 1. The minimum Gasteiger partial charge on any atom is -0.320 e. The van der Waals surface area contributed by atoms with Gasteiger partial charge in [-0.05, 0) is 31.2 Å². The van der Waals surface area contributed by atoms with E-state index in [-0.39, 0.29) is 16.3 Å². The fraction of sp³-hybridized carbons (Fsp3) is 0.158. The third kappa shape index (κ3) is 3.74. The molecule has 0 fully saturated rings. The van der Waals surface area contributed by atoms with Crippen LogP contribution < -0.4 is 9.62 Å². The number of anilines is 2. The van der Waals surface area contributed by atoms with Crippen LogP contribution in [-0.2, 0) is 17.1 Å². The molecule has 0 aliphatic carbocycles. The van der Waals surface area contributed by atoms with E-state index in [1.54, 1.807) is 43.4 Å². The molecule has 3 aromatic rings. The number of para-hydroxylation sites is 1. The van der Waals surface area contributed by atoms with Crippen molar-refractivity contribution in [1.82, 2.24) is 9.78 Å². The van der Waals surface area contributed by atoms with Gasteiger partial charge in [0.25, 0.3) is 15.9 Å². The molecule has 0 unspecified atom stereocenters. The molecule has 28 heavy (non-hydrogen) atoms. The standard InChI is InChI=1S/C19H19ClN4O3S/c1-13-8-10-14(11-9-13)28(26,27)24(3)19-15(12-21-23(19)2)18(25)22-17-7-5-4-6-16(17)20/h4-12H,1-3H3,(H,22,25). The number of hydrogen-bond acceptors (Lipinski definition) is 4. The molecule has 0 aliphatic heterocycles. The van der Waals surface area contributed by atoms with Crippen molar-refractivity contribution >= 4 is 39.0 Å². The normalized spacial score (nSPS) is 11.3. The highest BCUT2D eigenvalue weighted by Crippen LogP contribution is 2.27. The summed E-state index contributed by atoms with van der Waals surface area (Å²) < 4.78 is 28.4. The molecule has 2 aromatic carbocycles. The summed E-state index contributed by atoms with van der Waals surface area (Å²) in [6.07, 6.45) is 1.32. The lowest BCUT2D eigenvalue weighted by atomic mass is 10.2. The number of halogens is 1. The van der Waals surface area contributed by atoms with E-state index in [1.165, 1.54) is 30.1 Å². The SMILES string of the molecule is Cc1ccc(S(=O)(=O)N(C)c2c(C(=O)Nc3ccccc3Cl)cnn2C)cc1. The van der Waals surface area contributed by atoms with E-state index in [9.17, 15) is 13.2 Å². The summed E-state index contributed by atoms with van der Waals surface area (Å²) in [5.41, 5.74) is 1.48. The molecule has 0 saturated heterocycles. The van der Waals surface area contributed by atoms with Gasteiger partial charge in [0.05, 0.1) is 21.8 Å². The second-order valence-electron chi connectivity index (χ2n) is 6.23. The monoisotopic (exact) mass is 418 g/mol. The van der Waals surface area contributed by atoms with Crippen molar-refractivity contribution in [2.24, 2.45) is 7.05 Å². The summed E-state index contributed by atoms with van der Waals surface area (Å²) in [6, 6.07) is 13.3. The molecule has 1 heterocycles. The molecule has 3 rings (SSSR count). The molecule has 0 spiro atoms. The van der Waals surface area contributed by atoms with Gasteiger partial charge in [-0.2, -0.15) is 5.10 Å². The second kappa shape index (κ2) is 7.65. The molecule has 7 nitrogen and oxygen atoms in total. The van der Waals surface area contributed by atoms with Crippen LogP contribution in [0.3, 0.4) is 0 Å². The van der Waals surface area contributed by atoms with Crippen LogP contribution in [0.2, 0.25) is 5.02 Å². The summed E-state index contributed by atoms with van der Waals surface area (Å²) in [6.45, 7) is 1.87. The van der Waals surface area contributed by atoms with Gasteiger partial charge in [-0.1, -0.05) is 41.4 Å². The Kier molecular flexibility index (Phi) is 5.44. The van der Waals surface area contributed by atoms with Gasteiger partial charge in [0, 0.05) is 14.1 Å². The van der Waals surface area contributed by atoms with Gasteiger partial charge < -0.3 is 5.32 Å². The molecule has 0 atom stereocenters. The number of rotatable bonds is 5. The Morgan fingerprint density at radius 2 is 1.79 bits per heavy atom. The van der Waals surface area contributed by atoms with Crippen molar-refractivity contribution < 1.29 is 13.2 Å². The number of hydrogen-bond donors (Lipinski definition) is 1. The summed E-state index contributed by atoms with van der Waals surface area (Å²) in [5.74, 6) is -0.368. The molecule has 0 aliphatic rings. The zero-order valence-corrected chi connectivity index (χ0v) is 17.1. The lowest BCUT2D eigenvalue weighted by Gasteiger charge is -2.21.